The number of halogens is 2. The molecule has 0 saturated carbocycles. The number of nitrogens with zero attached hydrogens (tertiary/aromatic N) is 1. The van der Waals surface area contributed by atoms with Crippen LogP contribution in [0.2, 0.25) is 0 Å². The van der Waals surface area contributed by atoms with Crippen LogP contribution in [0.25, 0.3) is 0 Å². The predicted molar refractivity (Wildman–Crippen MR) is 121 cm³/mol. The van der Waals surface area contributed by atoms with Crippen LogP contribution in [0.4, 0.5) is 10.1 Å². The van der Waals surface area contributed by atoms with Crippen molar-refractivity contribution in [3.8, 4) is 17.2 Å². The first-order chi connectivity index (χ1) is 13.1. The number of methoxy groups -OCH3 is 1. The van der Waals surface area contributed by atoms with Crippen molar-refractivity contribution in [3.05, 3.63) is 47.8 Å². The molecule has 8 heteroatoms. The van der Waals surface area contributed by atoms with Crippen molar-refractivity contribution in [2.24, 2.45) is 4.99 Å². The van der Waals surface area contributed by atoms with Crippen molar-refractivity contribution in [1.82, 2.24) is 5.32 Å². The smallest absolute Gasteiger partial charge is 0.195 e. The van der Waals surface area contributed by atoms with Gasteiger partial charge in [0, 0.05) is 25.3 Å². The van der Waals surface area contributed by atoms with Gasteiger partial charge in [-0.15, -0.1) is 24.0 Å². The zero-order chi connectivity index (χ0) is 19.6. The Kier molecular flexibility index (Phi) is 10.4. The fourth-order valence-corrected chi connectivity index (χ4v) is 2.45. The Morgan fingerprint density at radius 3 is 2.29 bits per heavy atom. The monoisotopic (exact) mass is 503 g/mol. The number of anilines is 1. The minimum absolute atomic E-state index is 0. The van der Waals surface area contributed by atoms with Gasteiger partial charge in [-0.1, -0.05) is 6.07 Å². The molecule has 2 rings (SSSR count). The highest BCUT2D eigenvalue weighted by atomic mass is 127. The number of hydrogen-bond acceptors (Lipinski definition) is 4. The number of rotatable bonds is 8. The van der Waals surface area contributed by atoms with Gasteiger partial charge in [0.1, 0.15) is 0 Å². The molecule has 0 radical (unpaired) electrons. The fraction of sp³-hybridized carbons (Fsp3) is 0.350. The van der Waals surface area contributed by atoms with Crippen LogP contribution in [-0.4, -0.2) is 33.3 Å². The molecule has 0 aliphatic carbocycles. The third kappa shape index (κ3) is 6.74. The van der Waals surface area contributed by atoms with Gasteiger partial charge in [0.05, 0.1) is 20.3 Å². The van der Waals surface area contributed by atoms with E-state index in [-0.39, 0.29) is 35.5 Å². The number of benzene rings is 2. The molecule has 2 aromatic rings. The molecule has 0 fully saturated rings. The molecule has 2 aromatic carbocycles. The fourth-order valence-electron chi connectivity index (χ4n) is 2.45. The highest BCUT2D eigenvalue weighted by Crippen LogP contribution is 2.30. The average Bonchev–Trinajstić information content (AvgIpc) is 2.68. The van der Waals surface area contributed by atoms with Crippen LogP contribution >= 0.6 is 24.0 Å². The molecule has 0 atom stereocenters. The van der Waals surface area contributed by atoms with Gasteiger partial charge in [-0.05, 0) is 43.7 Å². The Balaban J connectivity index is 0.00000392. The lowest BCUT2D eigenvalue weighted by Gasteiger charge is -2.15. The summed E-state index contributed by atoms with van der Waals surface area (Å²) in [5, 5.41) is 6.32. The number of hydrogen-bond donors (Lipinski definition) is 2. The second-order valence-corrected chi connectivity index (χ2v) is 5.55. The van der Waals surface area contributed by atoms with Gasteiger partial charge in [-0.25, -0.2) is 4.39 Å². The van der Waals surface area contributed by atoms with E-state index >= 15 is 0 Å². The first-order valence-corrected chi connectivity index (χ1v) is 8.81. The minimum atomic E-state index is -0.379. The third-order valence-electron chi connectivity index (χ3n) is 3.71. The summed E-state index contributed by atoms with van der Waals surface area (Å²) in [6.45, 7) is 5.14. The SMILES string of the molecule is CCOc1ccc(CNC(=NC)Nc2ccc(OCC)c(OC)c2)cc1F.I. The standard InChI is InChI=1S/C20H26FN3O3.HI/c1-5-26-17-9-7-14(11-16(17)21)13-23-20(22-3)24-15-8-10-18(27-6-2)19(12-15)25-4;/h7-12H,5-6,13H2,1-4H3,(H2,22,23,24);1H. The molecule has 0 unspecified atom stereocenters. The van der Waals surface area contributed by atoms with Crippen LogP contribution in [0.15, 0.2) is 41.4 Å². The lowest BCUT2D eigenvalue weighted by atomic mass is 10.2. The maximum atomic E-state index is 13.9. The molecule has 0 aliphatic rings. The molecule has 0 aromatic heterocycles. The molecule has 6 nitrogen and oxygen atoms in total. The van der Waals surface area contributed by atoms with Crippen molar-refractivity contribution in [2.45, 2.75) is 20.4 Å². The Morgan fingerprint density at radius 2 is 1.68 bits per heavy atom. The number of guanidine groups is 1. The first-order valence-electron chi connectivity index (χ1n) is 8.81. The molecule has 0 bridgehead atoms. The van der Waals surface area contributed by atoms with Gasteiger partial charge in [0.25, 0.3) is 0 Å². The Hall–Kier alpha value is -2.23. The number of aliphatic imine (C=N–C) groups is 1. The summed E-state index contributed by atoms with van der Waals surface area (Å²) in [7, 11) is 3.26. The highest BCUT2D eigenvalue weighted by molar-refractivity contribution is 14.0. The van der Waals surface area contributed by atoms with E-state index in [1.54, 1.807) is 20.2 Å². The van der Waals surface area contributed by atoms with E-state index < -0.39 is 0 Å². The van der Waals surface area contributed by atoms with Crippen LogP contribution in [0.3, 0.4) is 0 Å². The van der Waals surface area contributed by atoms with Crippen molar-refractivity contribution in [2.75, 3.05) is 32.7 Å². The summed E-state index contributed by atoms with van der Waals surface area (Å²) in [4.78, 5) is 4.19. The summed E-state index contributed by atoms with van der Waals surface area (Å²) in [6.07, 6.45) is 0. The summed E-state index contributed by atoms with van der Waals surface area (Å²) < 4.78 is 30.0. The van der Waals surface area contributed by atoms with Crippen LogP contribution in [0.1, 0.15) is 19.4 Å². The van der Waals surface area contributed by atoms with Gasteiger partial charge in [-0.2, -0.15) is 0 Å². The Morgan fingerprint density at radius 1 is 1.00 bits per heavy atom. The number of nitrogens with one attached hydrogen (secondary N) is 2. The second kappa shape index (κ2) is 12.3. The number of ether oxygens (including phenoxy) is 3. The summed E-state index contributed by atoms with van der Waals surface area (Å²) in [6, 6.07) is 10.4. The average molecular weight is 503 g/mol. The molecular formula is C20H27FIN3O3. The molecule has 0 aliphatic heterocycles. The maximum absolute atomic E-state index is 13.9. The molecule has 0 amide bonds. The maximum Gasteiger partial charge on any atom is 0.195 e. The third-order valence-corrected chi connectivity index (χ3v) is 3.71. The molecular weight excluding hydrogens is 476 g/mol. The van der Waals surface area contributed by atoms with E-state index in [1.807, 2.05) is 38.1 Å². The van der Waals surface area contributed by atoms with Gasteiger partial charge >= 0.3 is 0 Å². The largest absolute Gasteiger partial charge is 0.493 e. The van der Waals surface area contributed by atoms with Gasteiger partial charge in [0.2, 0.25) is 0 Å². The van der Waals surface area contributed by atoms with Crippen LogP contribution < -0.4 is 24.8 Å². The molecule has 154 valence electrons. The van der Waals surface area contributed by atoms with E-state index in [9.17, 15) is 4.39 Å². The van der Waals surface area contributed by atoms with Gasteiger partial charge in [0.15, 0.2) is 29.0 Å². The van der Waals surface area contributed by atoms with E-state index in [1.165, 1.54) is 6.07 Å². The molecule has 28 heavy (non-hydrogen) atoms. The van der Waals surface area contributed by atoms with Crippen LogP contribution in [-0.2, 0) is 6.54 Å². The van der Waals surface area contributed by atoms with Crippen LogP contribution in [0, 0.1) is 5.82 Å². The van der Waals surface area contributed by atoms with E-state index in [4.69, 9.17) is 14.2 Å². The quantitative estimate of drug-likeness (QED) is 0.317. The van der Waals surface area contributed by atoms with Crippen molar-refractivity contribution in [3.63, 3.8) is 0 Å². The normalized spacial score (nSPS) is 10.7. The van der Waals surface area contributed by atoms with E-state index in [2.05, 4.69) is 15.6 Å². The first kappa shape index (κ1) is 23.8. The lowest BCUT2D eigenvalue weighted by Crippen LogP contribution is -2.30. The van der Waals surface area contributed by atoms with Gasteiger partial charge in [-0.3, -0.25) is 4.99 Å². The zero-order valence-corrected chi connectivity index (χ0v) is 18.9. The van der Waals surface area contributed by atoms with E-state index in [0.29, 0.717) is 37.2 Å². The summed E-state index contributed by atoms with van der Waals surface area (Å²) >= 11 is 0. The Labute approximate surface area is 182 Å². The van der Waals surface area contributed by atoms with Crippen molar-refractivity contribution in [1.29, 1.82) is 0 Å². The van der Waals surface area contributed by atoms with Crippen LogP contribution in [0.5, 0.6) is 17.2 Å². The van der Waals surface area contributed by atoms with Gasteiger partial charge < -0.3 is 24.8 Å². The highest BCUT2D eigenvalue weighted by Gasteiger charge is 2.08. The van der Waals surface area contributed by atoms with Crippen molar-refractivity contribution >= 4 is 35.6 Å². The molecule has 0 spiro atoms. The second-order valence-electron chi connectivity index (χ2n) is 5.55. The predicted octanol–water partition coefficient (Wildman–Crippen LogP) is 4.44. The van der Waals surface area contributed by atoms with E-state index in [0.717, 1.165) is 11.3 Å². The topological polar surface area (TPSA) is 64.1 Å². The molecule has 0 heterocycles. The summed E-state index contributed by atoms with van der Waals surface area (Å²) in [5.74, 6) is 1.74. The lowest BCUT2D eigenvalue weighted by molar-refractivity contribution is 0.311. The summed E-state index contributed by atoms with van der Waals surface area (Å²) in [5.41, 5.74) is 1.57. The minimum Gasteiger partial charge on any atom is -0.493 e. The zero-order valence-electron chi connectivity index (χ0n) is 16.5. The Bertz CT molecular complexity index is 787. The molecule has 2 N–H and O–H groups in total. The molecule has 0 saturated heterocycles. The van der Waals surface area contributed by atoms with Crippen molar-refractivity contribution < 1.29 is 18.6 Å².